The minimum absolute atomic E-state index is 0.0622. The van der Waals surface area contributed by atoms with Crippen molar-refractivity contribution in [1.29, 1.82) is 0 Å². The van der Waals surface area contributed by atoms with Gasteiger partial charge in [-0.25, -0.2) is 17.6 Å². The molecule has 8 rings (SSSR count). The molecule has 12 heteroatoms. The van der Waals surface area contributed by atoms with Gasteiger partial charge in [0.15, 0.2) is 17.5 Å². The lowest BCUT2D eigenvalue weighted by atomic mass is 9.62. The van der Waals surface area contributed by atoms with E-state index in [0.29, 0.717) is 50.1 Å². The highest BCUT2D eigenvalue weighted by atomic mass is 19.2. The molecule has 5 heterocycles. The number of aromatic hydroxyl groups is 1. The maximum absolute atomic E-state index is 16.6. The van der Waals surface area contributed by atoms with E-state index < -0.39 is 29.2 Å². The number of phenolic OH excluding ortho intramolecular Hbond substituents is 1. The van der Waals surface area contributed by atoms with Crippen LogP contribution in [-0.4, -0.2) is 80.7 Å². The van der Waals surface area contributed by atoms with Crippen LogP contribution in [0.1, 0.15) is 44.9 Å². The maximum Gasteiger partial charge on any atom is 0.319 e. The molecule has 2 N–H and O–H groups in total. The number of pyridine rings is 1. The van der Waals surface area contributed by atoms with Crippen molar-refractivity contribution < 1.29 is 32.5 Å². The van der Waals surface area contributed by atoms with Crippen LogP contribution in [0.5, 0.6) is 11.8 Å². The Balaban J connectivity index is 1.26. The number of piperidine rings is 1. The summed E-state index contributed by atoms with van der Waals surface area (Å²) in [6.07, 6.45) is 5.38. The summed E-state index contributed by atoms with van der Waals surface area (Å²) < 4.78 is 66.7. The number of fused-ring (bicyclic) bond motifs is 3. The van der Waals surface area contributed by atoms with Crippen LogP contribution in [0.2, 0.25) is 0 Å². The van der Waals surface area contributed by atoms with Crippen molar-refractivity contribution >= 4 is 27.5 Å². The average molecular weight is 624 g/mol. The monoisotopic (exact) mass is 623 g/mol. The first-order valence-corrected chi connectivity index (χ1v) is 15.6. The van der Waals surface area contributed by atoms with E-state index >= 15 is 8.78 Å². The van der Waals surface area contributed by atoms with E-state index in [9.17, 15) is 19.0 Å². The van der Waals surface area contributed by atoms with Crippen LogP contribution in [0.15, 0.2) is 30.5 Å². The Kier molecular flexibility index (Phi) is 6.62. The van der Waals surface area contributed by atoms with Crippen LogP contribution >= 0.6 is 0 Å². The fraction of sp³-hybridized carbons (Fsp3) is 0.485. The number of aliphatic hydroxyl groups excluding tert-OH is 1. The van der Waals surface area contributed by atoms with Gasteiger partial charge in [-0.1, -0.05) is 6.07 Å². The molecular weight excluding hydrogens is 590 g/mol. The van der Waals surface area contributed by atoms with E-state index in [1.165, 1.54) is 18.3 Å². The molecule has 1 aliphatic carbocycles. The topological polar surface area (TPSA) is 94.8 Å². The van der Waals surface area contributed by atoms with Gasteiger partial charge in [-0.2, -0.15) is 9.97 Å². The molecule has 4 aliphatic rings. The summed E-state index contributed by atoms with van der Waals surface area (Å²) in [6.45, 7) is 2.55. The van der Waals surface area contributed by atoms with Gasteiger partial charge in [0.2, 0.25) is 0 Å². The first-order valence-electron chi connectivity index (χ1n) is 15.6. The van der Waals surface area contributed by atoms with E-state index in [1.807, 2.05) is 0 Å². The van der Waals surface area contributed by atoms with E-state index in [-0.39, 0.29) is 57.4 Å². The summed E-state index contributed by atoms with van der Waals surface area (Å²) >= 11 is 0. The van der Waals surface area contributed by atoms with Crippen molar-refractivity contribution in [3.63, 3.8) is 0 Å². The molecule has 1 saturated carbocycles. The standard InChI is InChI=1S/C33H33F4N5O3/c34-19-11-33(6-2-8-42(33)15-19)17-45-31-39-29-23(30(40-31)41-7-1-5-32(16-41)12-21(44)13-32)14-38-28(27(29)37)22-10-20(43)9-18-3-4-24(35)26(36)25(18)22/h3-4,9-10,14,19,21,43-44H,1-2,5-8,11-13,15-17H2/t19-,21-,32-,33+/m1/s1. The van der Waals surface area contributed by atoms with Gasteiger partial charge in [-0.3, -0.25) is 9.88 Å². The molecular formula is C33H33F4N5O3. The summed E-state index contributed by atoms with van der Waals surface area (Å²) in [7, 11) is 0. The Bertz CT molecular complexity index is 1830. The van der Waals surface area contributed by atoms with Crippen molar-refractivity contribution in [2.45, 2.75) is 62.8 Å². The smallest absolute Gasteiger partial charge is 0.319 e. The number of ether oxygens (including phenoxy) is 1. The fourth-order valence-corrected chi connectivity index (χ4v) is 8.39. The summed E-state index contributed by atoms with van der Waals surface area (Å²) in [5.74, 6) is -3.02. The predicted molar refractivity (Wildman–Crippen MR) is 159 cm³/mol. The fourth-order valence-electron chi connectivity index (χ4n) is 8.39. The highest BCUT2D eigenvalue weighted by Gasteiger charge is 2.50. The molecule has 4 fully saturated rings. The zero-order valence-electron chi connectivity index (χ0n) is 24.6. The Morgan fingerprint density at radius 1 is 1.00 bits per heavy atom. The second-order valence-corrected chi connectivity index (χ2v) is 13.4. The molecule has 3 aliphatic heterocycles. The lowest BCUT2D eigenvalue weighted by Gasteiger charge is -2.51. The van der Waals surface area contributed by atoms with Crippen molar-refractivity contribution in [3.8, 4) is 23.0 Å². The largest absolute Gasteiger partial charge is 0.508 e. The van der Waals surface area contributed by atoms with Gasteiger partial charge >= 0.3 is 6.01 Å². The van der Waals surface area contributed by atoms with Crippen LogP contribution in [-0.2, 0) is 0 Å². The lowest BCUT2D eigenvalue weighted by molar-refractivity contribution is -0.0396. The zero-order chi connectivity index (χ0) is 31.1. The minimum Gasteiger partial charge on any atom is -0.508 e. The second kappa shape index (κ2) is 10.4. The normalized spacial score (nSPS) is 28.2. The number of anilines is 1. The summed E-state index contributed by atoms with van der Waals surface area (Å²) in [5, 5.41) is 20.8. The molecule has 236 valence electrons. The molecule has 8 nitrogen and oxygen atoms in total. The van der Waals surface area contributed by atoms with Gasteiger partial charge in [0, 0.05) is 43.2 Å². The van der Waals surface area contributed by atoms with Crippen molar-refractivity contribution in [2.24, 2.45) is 5.41 Å². The van der Waals surface area contributed by atoms with Gasteiger partial charge in [-0.05, 0) is 74.1 Å². The van der Waals surface area contributed by atoms with Crippen LogP contribution < -0.4 is 9.64 Å². The molecule has 0 radical (unpaired) electrons. The number of rotatable bonds is 5. The third-order valence-corrected chi connectivity index (χ3v) is 10.4. The molecule has 2 atom stereocenters. The van der Waals surface area contributed by atoms with E-state index in [1.54, 1.807) is 0 Å². The van der Waals surface area contributed by atoms with Crippen LogP contribution in [0.3, 0.4) is 0 Å². The third kappa shape index (κ3) is 4.67. The van der Waals surface area contributed by atoms with E-state index in [0.717, 1.165) is 44.4 Å². The maximum atomic E-state index is 16.6. The van der Waals surface area contributed by atoms with Crippen LogP contribution in [0.4, 0.5) is 23.4 Å². The summed E-state index contributed by atoms with van der Waals surface area (Å²) in [5.41, 5.74) is -1.08. The van der Waals surface area contributed by atoms with Gasteiger partial charge in [0.25, 0.3) is 0 Å². The molecule has 0 bridgehead atoms. The van der Waals surface area contributed by atoms with Crippen molar-refractivity contribution in [3.05, 3.63) is 47.9 Å². The number of aliphatic hydroxyl groups is 1. The zero-order valence-corrected chi connectivity index (χ0v) is 24.6. The second-order valence-electron chi connectivity index (χ2n) is 13.4. The van der Waals surface area contributed by atoms with Gasteiger partial charge in [-0.15, -0.1) is 0 Å². The van der Waals surface area contributed by atoms with Gasteiger partial charge in [0.05, 0.1) is 17.0 Å². The van der Waals surface area contributed by atoms with Gasteiger partial charge in [0.1, 0.15) is 35.6 Å². The molecule has 0 amide bonds. The van der Waals surface area contributed by atoms with Gasteiger partial charge < -0.3 is 19.8 Å². The number of alkyl halides is 1. The molecule has 0 unspecified atom stereocenters. The predicted octanol–water partition coefficient (Wildman–Crippen LogP) is 5.66. The number of hydrogen-bond acceptors (Lipinski definition) is 8. The van der Waals surface area contributed by atoms with Crippen LogP contribution in [0.25, 0.3) is 32.9 Å². The number of aromatic nitrogens is 3. The Morgan fingerprint density at radius 3 is 2.64 bits per heavy atom. The lowest BCUT2D eigenvalue weighted by Crippen LogP contribution is -2.52. The number of hydrogen-bond donors (Lipinski definition) is 2. The Hall–Kier alpha value is -3.77. The highest BCUT2D eigenvalue weighted by molar-refractivity contribution is 6.00. The average Bonchev–Trinajstić information content (AvgIpc) is 3.53. The third-order valence-electron chi connectivity index (χ3n) is 10.4. The van der Waals surface area contributed by atoms with Crippen LogP contribution in [0, 0.1) is 22.9 Å². The number of halogens is 4. The summed E-state index contributed by atoms with van der Waals surface area (Å²) in [4.78, 5) is 17.7. The molecule has 4 aromatic rings. The first-order chi connectivity index (χ1) is 21.6. The molecule has 3 saturated heterocycles. The van der Waals surface area contributed by atoms with E-state index in [4.69, 9.17) is 9.72 Å². The van der Waals surface area contributed by atoms with Crippen molar-refractivity contribution in [2.75, 3.05) is 37.7 Å². The first kappa shape index (κ1) is 28.7. The molecule has 2 aromatic heterocycles. The molecule has 45 heavy (non-hydrogen) atoms. The summed E-state index contributed by atoms with van der Waals surface area (Å²) in [6, 6.07) is 4.61. The number of benzene rings is 2. The highest BCUT2D eigenvalue weighted by Crippen LogP contribution is 2.49. The Morgan fingerprint density at radius 2 is 1.82 bits per heavy atom. The molecule has 1 spiro atoms. The minimum atomic E-state index is -1.18. The number of nitrogens with zero attached hydrogens (tertiary/aromatic N) is 5. The molecule has 2 aromatic carbocycles. The number of phenols is 1. The Labute approximate surface area is 256 Å². The van der Waals surface area contributed by atoms with E-state index in [2.05, 4.69) is 19.8 Å². The van der Waals surface area contributed by atoms with Crippen molar-refractivity contribution in [1.82, 2.24) is 19.9 Å². The quantitative estimate of drug-likeness (QED) is 0.275. The SMILES string of the molecule is Oc1cc(-c2ncc3c(N4CCC[C@]5(C4)C[C@H](O)C5)nc(OC[C@@]45CCCN4C[C@H](F)C5)nc3c2F)c2c(F)c(F)ccc2c1.